The van der Waals surface area contributed by atoms with Gasteiger partial charge in [0.15, 0.2) is 0 Å². The highest BCUT2D eigenvalue weighted by Gasteiger charge is 2.28. The standard InChI is InChI=1S/C26H34N6O2/c1-19-7-5-12-30(16-19)13-6-11-27-24(33)18-31-25-15-22(28-32(25)14-10-26(31)34)21-17-29(2)23-9-4-3-8-20(21)23/h3-4,8-9,15,17,19H,5-7,10-14,16,18H2,1-2H3,(H,27,33)/t19-/m0/s1. The number of anilines is 1. The number of carbonyl (C=O) groups excluding carboxylic acids is 2. The van der Waals surface area contributed by atoms with E-state index in [0.29, 0.717) is 25.3 Å². The number of carbonyl (C=O) groups is 2. The van der Waals surface area contributed by atoms with Gasteiger partial charge in [0.25, 0.3) is 0 Å². The van der Waals surface area contributed by atoms with E-state index < -0.39 is 0 Å². The highest BCUT2D eigenvalue weighted by atomic mass is 16.2. The summed E-state index contributed by atoms with van der Waals surface area (Å²) in [5.74, 6) is 1.30. The van der Waals surface area contributed by atoms with Crippen LogP contribution in [-0.4, -0.2) is 63.8 Å². The first-order valence-corrected chi connectivity index (χ1v) is 12.4. The Bertz CT molecular complexity index is 1200. The number of aromatic nitrogens is 3. The van der Waals surface area contributed by atoms with Crippen LogP contribution in [0.4, 0.5) is 5.82 Å². The van der Waals surface area contributed by atoms with Crippen LogP contribution in [0, 0.1) is 5.92 Å². The Kier molecular flexibility index (Phi) is 6.41. The van der Waals surface area contributed by atoms with Crippen molar-refractivity contribution in [3.05, 3.63) is 36.5 Å². The molecule has 0 aliphatic carbocycles. The summed E-state index contributed by atoms with van der Waals surface area (Å²) in [4.78, 5) is 29.5. The van der Waals surface area contributed by atoms with E-state index in [1.165, 1.54) is 12.8 Å². The van der Waals surface area contributed by atoms with E-state index in [9.17, 15) is 9.59 Å². The molecular weight excluding hydrogens is 428 g/mol. The number of amides is 2. The van der Waals surface area contributed by atoms with Crippen molar-refractivity contribution in [1.82, 2.24) is 24.6 Å². The van der Waals surface area contributed by atoms with Crippen LogP contribution in [0.3, 0.4) is 0 Å². The quantitative estimate of drug-likeness (QED) is 0.548. The zero-order valence-corrected chi connectivity index (χ0v) is 20.2. The number of benzene rings is 1. The van der Waals surface area contributed by atoms with Gasteiger partial charge >= 0.3 is 0 Å². The Hall–Kier alpha value is -3.13. The number of hydrogen-bond acceptors (Lipinski definition) is 4. The number of likely N-dealkylation sites (tertiary alicyclic amines) is 1. The second kappa shape index (κ2) is 9.62. The van der Waals surface area contributed by atoms with E-state index in [2.05, 4.69) is 40.0 Å². The maximum absolute atomic E-state index is 12.7. The molecule has 34 heavy (non-hydrogen) atoms. The number of nitrogens with one attached hydrogen (secondary N) is 1. The maximum atomic E-state index is 12.7. The Morgan fingerprint density at radius 1 is 1.24 bits per heavy atom. The van der Waals surface area contributed by atoms with Gasteiger partial charge in [-0.2, -0.15) is 5.10 Å². The number of rotatable bonds is 7. The molecule has 0 radical (unpaired) electrons. The predicted octanol–water partition coefficient (Wildman–Crippen LogP) is 3.02. The molecule has 1 fully saturated rings. The third-order valence-corrected chi connectivity index (χ3v) is 7.06. The van der Waals surface area contributed by atoms with Gasteiger partial charge in [-0.3, -0.25) is 14.5 Å². The van der Waals surface area contributed by atoms with E-state index in [-0.39, 0.29) is 18.4 Å². The van der Waals surface area contributed by atoms with Crippen molar-refractivity contribution in [1.29, 1.82) is 0 Å². The van der Waals surface area contributed by atoms with Crippen LogP contribution in [0.5, 0.6) is 0 Å². The molecule has 1 aromatic carbocycles. The minimum Gasteiger partial charge on any atom is -0.354 e. The molecule has 5 rings (SSSR count). The number of piperidine rings is 1. The molecule has 2 aliphatic rings. The number of nitrogens with zero attached hydrogens (tertiary/aromatic N) is 5. The minimum atomic E-state index is -0.123. The molecule has 3 aromatic rings. The summed E-state index contributed by atoms with van der Waals surface area (Å²) >= 11 is 0. The smallest absolute Gasteiger partial charge is 0.240 e. The molecule has 2 aromatic heterocycles. The zero-order chi connectivity index (χ0) is 23.7. The van der Waals surface area contributed by atoms with Gasteiger partial charge in [0, 0.05) is 55.3 Å². The number of hydrogen-bond donors (Lipinski definition) is 1. The third-order valence-electron chi connectivity index (χ3n) is 7.06. The van der Waals surface area contributed by atoms with Gasteiger partial charge in [0.05, 0.1) is 12.2 Å². The molecule has 0 saturated carbocycles. The summed E-state index contributed by atoms with van der Waals surface area (Å²) in [6.07, 6.45) is 5.93. The molecule has 1 atom stereocenters. The van der Waals surface area contributed by atoms with Gasteiger partial charge < -0.3 is 14.8 Å². The normalized spacial score (nSPS) is 18.9. The largest absolute Gasteiger partial charge is 0.354 e. The average Bonchev–Trinajstić information content (AvgIpc) is 3.40. The lowest BCUT2D eigenvalue weighted by Crippen LogP contribution is -2.45. The molecule has 0 bridgehead atoms. The molecule has 0 unspecified atom stereocenters. The van der Waals surface area contributed by atoms with Crippen LogP contribution in [0.1, 0.15) is 32.6 Å². The molecule has 2 aliphatic heterocycles. The summed E-state index contributed by atoms with van der Waals surface area (Å²) in [6, 6.07) is 10.2. The van der Waals surface area contributed by atoms with Crippen LogP contribution in [-0.2, 0) is 23.2 Å². The first kappa shape index (κ1) is 22.7. The van der Waals surface area contributed by atoms with Crippen molar-refractivity contribution >= 4 is 28.5 Å². The molecule has 0 spiro atoms. The highest BCUT2D eigenvalue weighted by molar-refractivity contribution is 6.00. The Labute approximate surface area is 200 Å². The van der Waals surface area contributed by atoms with E-state index in [1.54, 1.807) is 4.90 Å². The van der Waals surface area contributed by atoms with Crippen LogP contribution < -0.4 is 10.2 Å². The summed E-state index contributed by atoms with van der Waals surface area (Å²) in [5.41, 5.74) is 2.99. The monoisotopic (exact) mass is 462 g/mol. The van der Waals surface area contributed by atoms with E-state index in [1.807, 2.05) is 29.9 Å². The fraction of sp³-hybridized carbons (Fsp3) is 0.500. The van der Waals surface area contributed by atoms with Crippen LogP contribution >= 0.6 is 0 Å². The van der Waals surface area contributed by atoms with Crippen molar-refractivity contribution in [2.45, 2.75) is 39.2 Å². The van der Waals surface area contributed by atoms with Crippen molar-refractivity contribution in [2.24, 2.45) is 13.0 Å². The van der Waals surface area contributed by atoms with Crippen molar-refractivity contribution < 1.29 is 9.59 Å². The summed E-state index contributed by atoms with van der Waals surface area (Å²) < 4.78 is 3.94. The van der Waals surface area contributed by atoms with E-state index in [4.69, 9.17) is 5.10 Å². The van der Waals surface area contributed by atoms with Gasteiger partial charge in [-0.15, -0.1) is 0 Å². The lowest BCUT2D eigenvalue weighted by molar-refractivity contribution is -0.124. The maximum Gasteiger partial charge on any atom is 0.240 e. The Morgan fingerprint density at radius 2 is 2.09 bits per heavy atom. The first-order valence-electron chi connectivity index (χ1n) is 12.4. The third kappa shape index (κ3) is 4.59. The van der Waals surface area contributed by atoms with Crippen molar-refractivity contribution in [3.63, 3.8) is 0 Å². The molecule has 8 nitrogen and oxygen atoms in total. The number of para-hydroxylation sites is 1. The van der Waals surface area contributed by atoms with Crippen LogP contribution in [0.15, 0.2) is 36.5 Å². The van der Waals surface area contributed by atoms with Gasteiger partial charge in [0.2, 0.25) is 11.8 Å². The fourth-order valence-corrected chi connectivity index (χ4v) is 5.32. The SMILES string of the molecule is C[C@H]1CCCN(CCCNC(=O)CN2C(=O)CCn3nc(-c4cn(C)c5ccccc45)cc32)C1. The zero-order valence-electron chi connectivity index (χ0n) is 20.2. The van der Waals surface area contributed by atoms with Crippen molar-refractivity contribution in [3.8, 4) is 11.3 Å². The van der Waals surface area contributed by atoms with Crippen LogP contribution in [0.2, 0.25) is 0 Å². The first-order chi connectivity index (χ1) is 16.5. The average molecular weight is 463 g/mol. The predicted molar refractivity (Wildman–Crippen MR) is 134 cm³/mol. The molecule has 4 heterocycles. The van der Waals surface area contributed by atoms with Gasteiger partial charge in [-0.05, 0) is 44.3 Å². The lowest BCUT2D eigenvalue weighted by Gasteiger charge is -2.30. The van der Waals surface area contributed by atoms with Gasteiger partial charge in [-0.1, -0.05) is 25.1 Å². The molecule has 1 saturated heterocycles. The summed E-state index contributed by atoms with van der Waals surface area (Å²) in [7, 11) is 2.02. The highest BCUT2D eigenvalue weighted by Crippen LogP contribution is 2.33. The number of fused-ring (bicyclic) bond motifs is 2. The molecule has 180 valence electrons. The van der Waals surface area contributed by atoms with E-state index in [0.717, 1.165) is 54.1 Å². The summed E-state index contributed by atoms with van der Waals surface area (Å²) in [6.45, 7) is 6.81. The topological polar surface area (TPSA) is 75.4 Å². The Balaban J connectivity index is 1.24. The second-order valence-corrected chi connectivity index (χ2v) is 9.76. The minimum absolute atomic E-state index is 0.0280. The van der Waals surface area contributed by atoms with Gasteiger partial charge in [0.1, 0.15) is 12.4 Å². The van der Waals surface area contributed by atoms with E-state index >= 15 is 0 Å². The van der Waals surface area contributed by atoms with Crippen molar-refractivity contribution in [2.75, 3.05) is 37.6 Å². The second-order valence-electron chi connectivity index (χ2n) is 9.76. The molecular formula is C26H34N6O2. The van der Waals surface area contributed by atoms with Gasteiger partial charge in [-0.25, -0.2) is 4.68 Å². The number of aryl methyl sites for hydroxylation is 2. The summed E-state index contributed by atoms with van der Waals surface area (Å²) in [5, 5.41) is 8.91. The molecule has 8 heteroatoms. The Morgan fingerprint density at radius 3 is 2.94 bits per heavy atom. The fourth-order valence-electron chi connectivity index (χ4n) is 5.32. The lowest BCUT2D eigenvalue weighted by atomic mass is 10.0. The molecule has 1 N–H and O–H groups in total. The molecule has 2 amide bonds. The van der Waals surface area contributed by atoms with Crippen LogP contribution in [0.25, 0.3) is 22.2 Å².